The number of amides is 2. The van der Waals surface area contributed by atoms with Crippen LogP contribution in [0.5, 0.6) is 5.75 Å². The third-order valence-electron chi connectivity index (χ3n) is 7.63. The van der Waals surface area contributed by atoms with Gasteiger partial charge >= 0.3 is 0 Å². The molecule has 0 spiro atoms. The van der Waals surface area contributed by atoms with Crippen LogP contribution in [-0.4, -0.2) is 54.9 Å². The zero-order valence-corrected chi connectivity index (χ0v) is 24.1. The molecule has 0 N–H and O–H groups in total. The fourth-order valence-corrected chi connectivity index (χ4v) is 5.66. The zero-order chi connectivity index (χ0) is 28.3. The van der Waals surface area contributed by atoms with Crippen molar-refractivity contribution in [1.29, 1.82) is 5.26 Å². The van der Waals surface area contributed by atoms with Crippen LogP contribution in [0.15, 0.2) is 89.4 Å². The van der Waals surface area contributed by atoms with Crippen LogP contribution in [0, 0.1) is 16.7 Å². The number of nitrogens with zero attached hydrogens (tertiary/aromatic N) is 3. The number of para-hydroxylation sites is 1. The minimum atomic E-state index is -1.29. The molecule has 7 heteroatoms. The Labute approximate surface area is 242 Å². The van der Waals surface area contributed by atoms with E-state index in [4.69, 9.17) is 4.74 Å². The summed E-state index contributed by atoms with van der Waals surface area (Å²) in [5.41, 5.74) is 2.11. The highest BCUT2D eigenvalue weighted by molar-refractivity contribution is 9.10. The van der Waals surface area contributed by atoms with Crippen molar-refractivity contribution >= 4 is 38.5 Å². The van der Waals surface area contributed by atoms with Gasteiger partial charge in [0, 0.05) is 48.2 Å². The molecule has 6 nitrogen and oxygen atoms in total. The van der Waals surface area contributed by atoms with E-state index in [0.717, 1.165) is 37.7 Å². The first-order valence-electron chi connectivity index (χ1n) is 13.2. The van der Waals surface area contributed by atoms with Crippen LogP contribution >= 0.6 is 15.9 Å². The fraction of sp³-hybridized carbons (Fsp3) is 0.242. The highest BCUT2D eigenvalue weighted by atomic mass is 79.9. The summed E-state index contributed by atoms with van der Waals surface area (Å²) in [7, 11) is 1.64. The molecule has 202 valence electrons. The van der Waals surface area contributed by atoms with Gasteiger partial charge in [-0.05, 0) is 59.2 Å². The second kappa shape index (κ2) is 11.5. The average Bonchev–Trinajstić information content (AvgIpc) is 3.01. The molecular weight excluding hydrogens is 566 g/mol. The molecule has 4 aromatic carbocycles. The van der Waals surface area contributed by atoms with Crippen LogP contribution in [0.3, 0.4) is 0 Å². The van der Waals surface area contributed by atoms with Gasteiger partial charge in [0.25, 0.3) is 5.91 Å². The monoisotopic (exact) mass is 595 g/mol. The number of carbonyl (C=O) groups is 2. The van der Waals surface area contributed by atoms with Crippen molar-refractivity contribution in [2.75, 3.05) is 33.3 Å². The second-order valence-corrected chi connectivity index (χ2v) is 11.1. The van der Waals surface area contributed by atoms with Crippen molar-refractivity contribution in [3.63, 3.8) is 0 Å². The lowest BCUT2D eigenvalue weighted by Crippen LogP contribution is -2.54. The topological polar surface area (TPSA) is 73.6 Å². The molecule has 40 heavy (non-hydrogen) atoms. The number of hydrogen-bond donors (Lipinski definition) is 0. The maximum atomic E-state index is 13.9. The SMILES string of the molecule is COc1ccccc1-c1ccc2ccccc2c1CC(C)(C#N)C(=O)N1CCN(C(=O)c2ccc(Br)cc2)CC1. The minimum Gasteiger partial charge on any atom is -0.496 e. The van der Waals surface area contributed by atoms with Crippen molar-refractivity contribution in [2.45, 2.75) is 13.3 Å². The van der Waals surface area contributed by atoms with Gasteiger partial charge in [0.15, 0.2) is 0 Å². The van der Waals surface area contributed by atoms with E-state index in [1.165, 1.54) is 0 Å². The number of hydrogen-bond acceptors (Lipinski definition) is 4. The van der Waals surface area contributed by atoms with Crippen LogP contribution in [-0.2, 0) is 11.2 Å². The van der Waals surface area contributed by atoms with Crippen molar-refractivity contribution in [1.82, 2.24) is 9.80 Å². The summed E-state index contributed by atoms with van der Waals surface area (Å²) < 4.78 is 6.57. The summed E-state index contributed by atoms with van der Waals surface area (Å²) >= 11 is 3.40. The van der Waals surface area contributed by atoms with Crippen molar-refractivity contribution in [2.24, 2.45) is 5.41 Å². The maximum Gasteiger partial charge on any atom is 0.253 e. The van der Waals surface area contributed by atoms with E-state index in [1.807, 2.05) is 66.7 Å². The number of methoxy groups -OCH3 is 1. The third-order valence-corrected chi connectivity index (χ3v) is 8.16. The second-order valence-electron chi connectivity index (χ2n) is 10.2. The van der Waals surface area contributed by atoms with Gasteiger partial charge in [-0.1, -0.05) is 70.5 Å². The Morgan fingerprint density at radius 1 is 0.875 bits per heavy atom. The lowest BCUT2D eigenvalue weighted by Gasteiger charge is -2.38. The first kappa shape index (κ1) is 27.4. The van der Waals surface area contributed by atoms with Gasteiger partial charge in [-0.3, -0.25) is 9.59 Å². The number of benzene rings is 4. The molecule has 1 fully saturated rings. The van der Waals surface area contributed by atoms with E-state index in [1.54, 1.807) is 36.0 Å². The van der Waals surface area contributed by atoms with Gasteiger partial charge in [0.2, 0.25) is 5.91 Å². The first-order valence-corrected chi connectivity index (χ1v) is 14.0. The van der Waals surface area contributed by atoms with Crippen molar-refractivity contribution in [3.05, 3.63) is 101 Å². The number of nitriles is 1. The largest absolute Gasteiger partial charge is 0.496 e. The summed E-state index contributed by atoms with van der Waals surface area (Å²) in [6.07, 6.45) is 0.245. The molecule has 0 saturated carbocycles. The van der Waals surface area contributed by atoms with Crippen LogP contribution in [0.25, 0.3) is 21.9 Å². The Bertz CT molecular complexity index is 1600. The standard InChI is InChI=1S/C33H30BrN3O3/c1-33(22-35,32(39)37-19-17-36(18-20-37)31(38)24-11-14-25(34)15-12-24)21-29-26-8-4-3-7-23(26)13-16-27(29)28-9-5-6-10-30(28)40-2/h3-16H,17-21H2,1-2H3. The van der Waals surface area contributed by atoms with E-state index >= 15 is 0 Å². The summed E-state index contributed by atoms with van der Waals surface area (Å²) in [5.74, 6) is 0.458. The Kier molecular flexibility index (Phi) is 7.90. The molecule has 2 amide bonds. The Morgan fingerprint density at radius 2 is 1.52 bits per heavy atom. The minimum absolute atomic E-state index is 0.0557. The summed E-state index contributed by atoms with van der Waals surface area (Å²) in [6.45, 7) is 3.33. The molecule has 1 saturated heterocycles. The quantitative estimate of drug-likeness (QED) is 0.261. The number of halogens is 1. The Balaban J connectivity index is 1.42. The molecule has 1 atom stereocenters. The number of rotatable bonds is 6. The predicted molar refractivity (Wildman–Crippen MR) is 160 cm³/mol. The van der Waals surface area contributed by atoms with Gasteiger partial charge in [-0.2, -0.15) is 5.26 Å². The van der Waals surface area contributed by atoms with Gasteiger partial charge in [0.05, 0.1) is 13.2 Å². The van der Waals surface area contributed by atoms with E-state index in [2.05, 4.69) is 28.1 Å². The molecule has 1 aliphatic heterocycles. The van der Waals surface area contributed by atoms with Gasteiger partial charge in [-0.25, -0.2) is 0 Å². The molecule has 4 aromatic rings. The summed E-state index contributed by atoms with van der Waals surface area (Å²) in [5, 5.41) is 12.5. The van der Waals surface area contributed by atoms with Crippen LogP contribution in [0.4, 0.5) is 0 Å². The fourth-order valence-electron chi connectivity index (χ4n) is 5.40. The molecule has 0 bridgehead atoms. The predicted octanol–water partition coefficient (Wildman–Crippen LogP) is 6.33. The Morgan fingerprint density at radius 3 is 2.23 bits per heavy atom. The molecule has 0 aliphatic carbocycles. The number of piperazine rings is 1. The molecule has 0 aromatic heterocycles. The first-order chi connectivity index (χ1) is 19.3. The molecular formula is C33H30BrN3O3. The zero-order valence-electron chi connectivity index (χ0n) is 22.6. The van der Waals surface area contributed by atoms with Crippen LogP contribution in [0.1, 0.15) is 22.8 Å². The Hall–Kier alpha value is -4.15. The van der Waals surface area contributed by atoms with Gasteiger partial charge < -0.3 is 14.5 Å². The van der Waals surface area contributed by atoms with Crippen molar-refractivity contribution in [3.8, 4) is 22.9 Å². The average molecular weight is 597 g/mol. The highest BCUT2D eigenvalue weighted by Crippen LogP contribution is 2.39. The number of fused-ring (bicyclic) bond motifs is 1. The number of ether oxygens (including phenoxy) is 1. The van der Waals surface area contributed by atoms with Crippen LogP contribution in [0.2, 0.25) is 0 Å². The third kappa shape index (κ3) is 5.32. The molecule has 5 rings (SSSR count). The maximum absolute atomic E-state index is 13.9. The summed E-state index contributed by atoms with van der Waals surface area (Å²) in [6, 6.07) is 29.6. The highest BCUT2D eigenvalue weighted by Gasteiger charge is 2.40. The van der Waals surface area contributed by atoms with E-state index in [0.29, 0.717) is 31.7 Å². The number of carbonyl (C=O) groups excluding carboxylic acids is 2. The lowest BCUT2D eigenvalue weighted by atomic mass is 9.79. The van der Waals surface area contributed by atoms with Gasteiger partial charge in [-0.15, -0.1) is 0 Å². The molecule has 1 heterocycles. The van der Waals surface area contributed by atoms with E-state index in [9.17, 15) is 14.9 Å². The molecule has 0 radical (unpaired) electrons. The van der Waals surface area contributed by atoms with Gasteiger partial charge in [0.1, 0.15) is 11.2 Å². The molecule has 1 aliphatic rings. The lowest BCUT2D eigenvalue weighted by molar-refractivity contribution is -0.139. The smallest absolute Gasteiger partial charge is 0.253 e. The van der Waals surface area contributed by atoms with Crippen molar-refractivity contribution < 1.29 is 14.3 Å². The summed E-state index contributed by atoms with van der Waals surface area (Å²) in [4.78, 5) is 30.4. The normalized spacial score (nSPS) is 14.8. The van der Waals surface area contributed by atoms with E-state index in [-0.39, 0.29) is 18.2 Å². The van der Waals surface area contributed by atoms with E-state index < -0.39 is 5.41 Å². The van der Waals surface area contributed by atoms with Crippen LogP contribution < -0.4 is 4.74 Å². The molecule has 1 unspecified atom stereocenters.